The molecule has 0 aliphatic rings. The van der Waals surface area contributed by atoms with Crippen molar-refractivity contribution in [2.45, 2.75) is 18.9 Å². The monoisotopic (exact) mass is 265 g/mol. The molecule has 104 valence electrons. The largest absolute Gasteiger partial charge is 0.480 e. The molecule has 6 nitrogen and oxygen atoms in total. The maximum atomic E-state index is 11.5. The number of amides is 2. The molecule has 0 fully saturated rings. The maximum Gasteiger partial charge on any atom is 0.326 e. The highest BCUT2D eigenvalue weighted by atomic mass is 16.4. The standard InChI is InChI=1S/C13H19N3O3/c14-7-4-8-15-13(19)16-11(12(17)18)9-10-5-2-1-3-6-10/h1-3,5-6,11H,4,7-9,14H2,(H,17,18)(H2,15,16,19)/t11-/m0/s1. The van der Waals surface area contributed by atoms with E-state index in [9.17, 15) is 9.59 Å². The van der Waals surface area contributed by atoms with Crippen molar-refractivity contribution in [3.63, 3.8) is 0 Å². The lowest BCUT2D eigenvalue weighted by molar-refractivity contribution is -0.139. The fourth-order valence-electron chi connectivity index (χ4n) is 1.56. The Kier molecular flexibility index (Phi) is 6.38. The third-order valence-electron chi connectivity index (χ3n) is 2.55. The van der Waals surface area contributed by atoms with Crippen molar-refractivity contribution < 1.29 is 14.7 Å². The van der Waals surface area contributed by atoms with Crippen LogP contribution in [0.2, 0.25) is 0 Å². The SMILES string of the molecule is NCCCNC(=O)N[C@@H](Cc1ccccc1)C(=O)O. The lowest BCUT2D eigenvalue weighted by Gasteiger charge is -2.15. The Morgan fingerprint density at radius 3 is 2.53 bits per heavy atom. The van der Waals surface area contributed by atoms with E-state index in [4.69, 9.17) is 10.8 Å². The van der Waals surface area contributed by atoms with Crippen LogP contribution in [0.15, 0.2) is 30.3 Å². The summed E-state index contributed by atoms with van der Waals surface area (Å²) in [5, 5.41) is 14.1. The van der Waals surface area contributed by atoms with Crippen molar-refractivity contribution in [3.05, 3.63) is 35.9 Å². The first-order chi connectivity index (χ1) is 9.13. The van der Waals surface area contributed by atoms with Crippen LogP contribution in [-0.2, 0) is 11.2 Å². The number of nitrogens with one attached hydrogen (secondary N) is 2. The van der Waals surface area contributed by atoms with Crippen LogP contribution in [0.4, 0.5) is 4.79 Å². The molecule has 0 bridgehead atoms. The van der Waals surface area contributed by atoms with Gasteiger partial charge in [0.2, 0.25) is 0 Å². The van der Waals surface area contributed by atoms with E-state index in [0.29, 0.717) is 19.5 Å². The summed E-state index contributed by atoms with van der Waals surface area (Å²) in [5.74, 6) is -1.06. The quantitative estimate of drug-likeness (QED) is 0.533. The first-order valence-electron chi connectivity index (χ1n) is 6.14. The molecule has 0 radical (unpaired) electrons. The summed E-state index contributed by atoms with van der Waals surface area (Å²) in [7, 11) is 0. The summed E-state index contributed by atoms with van der Waals surface area (Å²) in [5.41, 5.74) is 6.16. The summed E-state index contributed by atoms with van der Waals surface area (Å²) < 4.78 is 0. The van der Waals surface area contributed by atoms with Crippen LogP contribution in [0, 0.1) is 0 Å². The van der Waals surface area contributed by atoms with Gasteiger partial charge in [-0.1, -0.05) is 30.3 Å². The fourth-order valence-corrected chi connectivity index (χ4v) is 1.56. The van der Waals surface area contributed by atoms with Crippen molar-refractivity contribution in [1.29, 1.82) is 0 Å². The van der Waals surface area contributed by atoms with Gasteiger partial charge in [-0.25, -0.2) is 9.59 Å². The third-order valence-corrected chi connectivity index (χ3v) is 2.55. The number of carbonyl (C=O) groups excluding carboxylic acids is 1. The lowest BCUT2D eigenvalue weighted by atomic mass is 10.1. The molecule has 19 heavy (non-hydrogen) atoms. The second-order valence-corrected chi connectivity index (χ2v) is 4.12. The number of benzene rings is 1. The van der Waals surface area contributed by atoms with Crippen molar-refractivity contribution in [2.75, 3.05) is 13.1 Å². The van der Waals surface area contributed by atoms with Crippen molar-refractivity contribution >= 4 is 12.0 Å². The molecule has 0 saturated carbocycles. The van der Waals surface area contributed by atoms with Crippen LogP contribution in [0.25, 0.3) is 0 Å². The van der Waals surface area contributed by atoms with E-state index in [1.165, 1.54) is 0 Å². The van der Waals surface area contributed by atoms with Gasteiger partial charge < -0.3 is 21.5 Å². The zero-order chi connectivity index (χ0) is 14.1. The van der Waals surface area contributed by atoms with Crippen molar-refractivity contribution in [3.8, 4) is 0 Å². The zero-order valence-corrected chi connectivity index (χ0v) is 10.6. The van der Waals surface area contributed by atoms with Gasteiger partial charge in [0.15, 0.2) is 0 Å². The minimum atomic E-state index is -1.06. The first kappa shape index (κ1) is 15.0. The molecule has 0 heterocycles. The van der Waals surface area contributed by atoms with E-state index in [0.717, 1.165) is 5.56 Å². The number of aliphatic carboxylic acids is 1. The van der Waals surface area contributed by atoms with Gasteiger partial charge in [-0.05, 0) is 18.5 Å². The summed E-state index contributed by atoms with van der Waals surface area (Å²) in [6.07, 6.45) is 0.907. The van der Waals surface area contributed by atoms with Gasteiger partial charge >= 0.3 is 12.0 Å². The van der Waals surface area contributed by atoms with E-state index in [2.05, 4.69) is 10.6 Å². The van der Waals surface area contributed by atoms with Crippen LogP contribution < -0.4 is 16.4 Å². The van der Waals surface area contributed by atoms with Crippen LogP contribution in [0.1, 0.15) is 12.0 Å². The van der Waals surface area contributed by atoms with Gasteiger partial charge in [-0.2, -0.15) is 0 Å². The fraction of sp³-hybridized carbons (Fsp3) is 0.385. The van der Waals surface area contributed by atoms with E-state index >= 15 is 0 Å². The Morgan fingerprint density at radius 1 is 1.26 bits per heavy atom. The molecule has 0 spiro atoms. The van der Waals surface area contributed by atoms with Gasteiger partial charge in [0.25, 0.3) is 0 Å². The predicted octanol–water partition coefficient (Wildman–Crippen LogP) is 0.330. The van der Waals surface area contributed by atoms with E-state index < -0.39 is 18.0 Å². The number of carboxylic acid groups (broad SMARTS) is 1. The average Bonchev–Trinajstić information content (AvgIpc) is 2.39. The number of carboxylic acids is 1. The Morgan fingerprint density at radius 2 is 1.95 bits per heavy atom. The third kappa shape index (κ3) is 5.87. The smallest absolute Gasteiger partial charge is 0.326 e. The van der Waals surface area contributed by atoms with Crippen molar-refractivity contribution in [2.24, 2.45) is 5.73 Å². The molecule has 1 atom stereocenters. The Hall–Kier alpha value is -2.08. The molecule has 0 unspecified atom stereocenters. The summed E-state index contributed by atoms with van der Waals surface area (Å²) in [6.45, 7) is 0.909. The predicted molar refractivity (Wildman–Crippen MR) is 71.8 cm³/mol. The van der Waals surface area contributed by atoms with E-state index in [1.807, 2.05) is 30.3 Å². The van der Waals surface area contributed by atoms with E-state index in [-0.39, 0.29) is 6.42 Å². The summed E-state index contributed by atoms with van der Waals surface area (Å²) in [6, 6.07) is 7.72. The van der Waals surface area contributed by atoms with E-state index in [1.54, 1.807) is 0 Å². The number of carbonyl (C=O) groups is 2. The number of urea groups is 1. The molecule has 5 N–H and O–H groups in total. The maximum absolute atomic E-state index is 11.5. The zero-order valence-electron chi connectivity index (χ0n) is 10.6. The number of rotatable bonds is 7. The molecule has 2 amide bonds. The van der Waals surface area contributed by atoms with Crippen LogP contribution in [-0.4, -0.2) is 36.2 Å². The molecule has 0 aliphatic carbocycles. The molecule has 6 heteroatoms. The molecular formula is C13H19N3O3. The minimum absolute atomic E-state index is 0.250. The first-order valence-corrected chi connectivity index (χ1v) is 6.14. The molecule has 1 aromatic rings. The highest BCUT2D eigenvalue weighted by molar-refractivity contribution is 5.82. The Balaban J connectivity index is 2.49. The summed E-state index contributed by atoms with van der Waals surface area (Å²) in [4.78, 5) is 22.6. The lowest BCUT2D eigenvalue weighted by Crippen LogP contribution is -2.47. The van der Waals surface area contributed by atoms with Crippen LogP contribution in [0.5, 0.6) is 0 Å². The highest BCUT2D eigenvalue weighted by Gasteiger charge is 2.19. The van der Waals surface area contributed by atoms with Crippen LogP contribution >= 0.6 is 0 Å². The van der Waals surface area contributed by atoms with Crippen LogP contribution in [0.3, 0.4) is 0 Å². The van der Waals surface area contributed by atoms with Crippen molar-refractivity contribution in [1.82, 2.24) is 10.6 Å². The number of hydrogen-bond donors (Lipinski definition) is 4. The Bertz CT molecular complexity index is 409. The highest BCUT2D eigenvalue weighted by Crippen LogP contribution is 2.03. The molecule has 1 rings (SSSR count). The van der Waals surface area contributed by atoms with Gasteiger partial charge in [0, 0.05) is 13.0 Å². The number of nitrogens with two attached hydrogens (primary N) is 1. The van der Waals surface area contributed by atoms with Gasteiger partial charge in [-0.3, -0.25) is 0 Å². The molecule has 1 aromatic carbocycles. The summed E-state index contributed by atoms with van der Waals surface area (Å²) >= 11 is 0. The number of hydrogen-bond acceptors (Lipinski definition) is 3. The van der Waals surface area contributed by atoms with Gasteiger partial charge in [-0.15, -0.1) is 0 Å². The second-order valence-electron chi connectivity index (χ2n) is 4.12. The second kappa shape index (κ2) is 8.10. The topological polar surface area (TPSA) is 104 Å². The normalized spacial score (nSPS) is 11.6. The molecule has 0 saturated heterocycles. The minimum Gasteiger partial charge on any atom is -0.480 e. The molecular weight excluding hydrogens is 246 g/mol. The Labute approximate surface area is 112 Å². The average molecular weight is 265 g/mol. The van der Waals surface area contributed by atoms with Gasteiger partial charge in [0.05, 0.1) is 0 Å². The van der Waals surface area contributed by atoms with Gasteiger partial charge in [0.1, 0.15) is 6.04 Å². The molecule has 0 aromatic heterocycles. The molecule has 0 aliphatic heterocycles.